The Morgan fingerprint density at radius 1 is 1.32 bits per heavy atom. The molecule has 0 radical (unpaired) electrons. The van der Waals surface area contributed by atoms with Crippen molar-refractivity contribution in [3.63, 3.8) is 0 Å². The van der Waals surface area contributed by atoms with E-state index in [-0.39, 0.29) is 18.0 Å². The van der Waals surface area contributed by atoms with E-state index in [4.69, 9.17) is 4.74 Å². The van der Waals surface area contributed by atoms with Crippen LogP contribution in [0, 0.1) is 0 Å². The highest BCUT2D eigenvalue weighted by Gasteiger charge is 2.64. The number of benzene rings is 1. The van der Waals surface area contributed by atoms with Gasteiger partial charge in [-0.15, -0.1) is 0 Å². The van der Waals surface area contributed by atoms with Gasteiger partial charge in [-0.25, -0.2) is 4.98 Å². The largest absolute Gasteiger partial charge is 0.351 e. The third-order valence-corrected chi connectivity index (χ3v) is 6.03. The number of likely N-dealkylation sites (tertiary alicyclic amines) is 1. The average molecular weight is 338 g/mol. The number of carbonyl (C=O) groups is 1. The molecule has 1 aromatic carbocycles. The van der Waals surface area contributed by atoms with Crippen LogP contribution in [0.2, 0.25) is 0 Å². The second kappa shape index (κ2) is 5.41. The van der Waals surface area contributed by atoms with Gasteiger partial charge < -0.3 is 14.2 Å². The Balaban J connectivity index is 1.44. The number of nitrogens with zero attached hydrogens (tertiary/aromatic N) is 4. The first-order valence-corrected chi connectivity index (χ1v) is 8.89. The lowest BCUT2D eigenvalue weighted by molar-refractivity contribution is -0.138. The number of carbonyl (C=O) groups excluding carboxylic acids is 1. The Kier molecular flexibility index (Phi) is 3.27. The van der Waals surface area contributed by atoms with Crippen molar-refractivity contribution in [2.75, 3.05) is 13.2 Å². The van der Waals surface area contributed by atoms with Gasteiger partial charge in [0.15, 0.2) is 5.72 Å². The molecule has 1 aromatic heterocycles. The van der Waals surface area contributed by atoms with Gasteiger partial charge in [-0.05, 0) is 5.56 Å². The monoisotopic (exact) mass is 338 g/mol. The van der Waals surface area contributed by atoms with Crippen molar-refractivity contribution in [2.45, 2.75) is 37.2 Å². The van der Waals surface area contributed by atoms with Crippen LogP contribution in [0.15, 0.2) is 42.9 Å². The van der Waals surface area contributed by atoms with Crippen molar-refractivity contribution in [3.05, 3.63) is 54.1 Å². The number of hydrogen-bond acceptors (Lipinski definition) is 4. The minimum atomic E-state index is -0.448. The number of hydrogen-bond donors (Lipinski definition) is 0. The van der Waals surface area contributed by atoms with Crippen LogP contribution in [0.4, 0.5) is 0 Å². The first-order valence-electron chi connectivity index (χ1n) is 8.89. The Morgan fingerprint density at radius 3 is 2.92 bits per heavy atom. The van der Waals surface area contributed by atoms with Crippen LogP contribution in [-0.2, 0) is 23.1 Å². The summed E-state index contributed by atoms with van der Waals surface area (Å²) in [6.07, 6.45) is 5.15. The molecule has 4 heterocycles. The fourth-order valence-electron chi connectivity index (χ4n) is 4.78. The first kappa shape index (κ1) is 15.1. The third kappa shape index (κ3) is 2.10. The van der Waals surface area contributed by atoms with E-state index in [2.05, 4.69) is 22.0 Å². The molecular formula is C19H22N4O2. The van der Waals surface area contributed by atoms with E-state index in [1.165, 1.54) is 11.3 Å². The summed E-state index contributed by atoms with van der Waals surface area (Å²) in [5, 5.41) is 0. The van der Waals surface area contributed by atoms with Gasteiger partial charge in [-0.2, -0.15) is 0 Å². The van der Waals surface area contributed by atoms with Crippen LogP contribution in [0.1, 0.15) is 30.1 Å². The molecule has 5 rings (SSSR count). The van der Waals surface area contributed by atoms with Gasteiger partial charge in [-0.1, -0.05) is 30.3 Å². The number of aromatic nitrogens is 2. The molecule has 0 aliphatic carbocycles. The molecular weight excluding hydrogens is 316 g/mol. The highest BCUT2D eigenvalue weighted by Crippen LogP contribution is 2.51. The summed E-state index contributed by atoms with van der Waals surface area (Å²) >= 11 is 0. The van der Waals surface area contributed by atoms with Gasteiger partial charge in [-0.3, -0.25) is 9.69 Å². The molecule has 3 aliphatic heterocycles. The summed E-state index contributed by atoms with van der Waals surface area (Å²) in [5.74, 6) is 0.214. The molecule has 3 atom stereocenters. The first-order chi connectivity index (χ1) is 12.2. The highest BCUT2D eigenvalue weighted by atomic mass is 16.5. The molecule has 2 aromatic rings. The van der Waals surface area contributed by atoms with Crippen LogP contribution in [0.3, 0.4) is 0 Å². The van der Waals surface area contributed by atoms with Crippen LogP contribution < -0.4 is 0 Å². The minimum Gasteiger partial charge on any atom is -0.351 e. The molecule has 130 valence electrons. The Bertz CT molecular complexity index is 805. The smallest absolute Gasteiger partial charge is 0.227 e. The second-order valence-corrected chi connectivity index (χ2v) is 7.28. The molecule has 3 saturated heterocycles. The lowest BCUT2D eigenvalue weighted by Gasteiger charge is -2.33. The van der Waals surface area contributed by atoms with E-state index in [1.54, 1.807) is 0 Å². The zero-order valence-electron chi connectivity index (χ0n) is 14.3. The Labute approximate surface area is 147 Å². The van der Waals surface area contributed by atoms with Gasteiger partial charge in [0.1, 0.15) is 0 Å². The molecule has 6 heteroatoms. The molecule has 0 saturated carbocycles. The van der Waals surface area contributed by atoms with Crippen molar-refractivity contribution in [1.82, 2.24) is 19.4 Å². The minimum absolute atomic E-state index is 0.0374. The maximum Gasteiger partial charge on any atom is 0.227 e. The highest BCUT2D eigenvalue weighted by molar-refractivity contribution is 5.82. The summed E-state index contributed by atoms with van der Waals surface area (Å²) in [6, 6.07) is 10.4. The molecule has 25 heavy (non-hydrogen) atoms. The molecule has 1 amide bonds. The lowest BCUT2D eigenvalue weighted by atomic mass is 10.0. The van der Waals surface area contributed by atoms with Gasteiger partial charge in [0.25, 0.3) is 0 Å². The maximum absolute atomic E-state index is 12.9. The Morgan fingerprint density at radius 2 is 2.16 bits per heavy atom. The van der Waals surface area contributed by atoms with Crippen LogP contribution in [0.25, 0.3) is 0 Å². The van der Waals surface area contributed by atoms with Gasteiger partial charge >= 0.3 is 0 Å². The zero-order valence-corrected chi connectivity index (χ0v) is 14.3. The summed E-state index contributed by atoms with van der Waals surface area (Å²) in [5.41, 5.74) is 1.88. The summed E-state index contributed by atoms with van der Waals surface area (Å²) < 4.78 is 8.39. The number of rotatable bonds is 3. The van der Waals surface area contributed by atoms with E-state index in [0.717, 1.165) is 19.5 Å². The standard InChI is InChI=1S/C19H22N4O2/c1-21-13-20-10-15(21)11-22-8-7-19-17(22)9-18(24)23(19)16(12-25-19)14-5-3-2-4-6-14/h2-6,10,13,16-17H,7-9,11-12H2,1H3/t16-,17+,19-/m0/s1. The molecule has 0 N–H and O–H groups in total. The molecule has 6 nitrogen and oxygen atoms in total. The predicted octanol–water partition coefficient (Wildman–Crippen LogP) is 1.69. The fraction of sp³-hybridized carbons (Fsp3) is 0.474. The zero-order chi connectivity index (χ0) is 17.0. The second-order valence-electron chi connectivity index (χ2n) is 7.28. The summed E-state index contributed by atoms with van der Waals surface area (Å²) in [7, 11) is 2.01. The molecule has 1 spiro atoms. The molecule has 0 bridgehead atoms. The fourth-order valence-corrected chi connectivity index (χ4v) is 4.78. The van der Waals surface area contributed by atoms with E-state index in [9.17, 15) is 4.79 Å². The summed E-state index contributed by atoms with van der Waals surface area (Å²) in [4.78, 5) is 21.5. The van der Waals surface area contributed by atoms with Gasteiger partial charge in [0.2, 0.25) is 5.91 Å². The van der Waals surface area contributed by atoms with Crippen molar-refractivity contribution in [3.8, 4) is 0 Å². The lowest BCUT2D eigenvalue weighted by Crippen LogP contribution is -2.48. The van der Waals surface area contributed by atoms with Crippen molar-refractivity contribution >= 4 is 5.91 Å². The molecule has 0 unspecified atom stereocenters. The van der Waals surface area contributed by atoms with Crippen molar-refractivity contribution in [1.29, 1.82) is 0 Å². The summed E-state index contributed by atoms with van der Waals surface area (Å²) in [6.45, 7) is 2.34. The van der Waals surface area contributed by atoms with Crippen LogP contribution in [-0.4, -0.2) is 50.2 Å². The van der Waals surface area contributed by atoms with E-state index >= 15 is 0 Å². The van der Waals surface area contributed by atoms with Crippen LogP contribution >= 0.6 is 0 Å². The quantitative estimate of drug-likeness (QED) is 0.855. The van der Waals surface area contributed by atoms with E-state index in [0.29, 0.717) is 13.0 Å². The SMILES string of the molecule is Cn1cncc1CN1CC[C@@]23OC[C@@H](c4ccccc4)N2C(=O)C[C@@H]13. The van der Waals surface area contributed by atoms with E-state index < -0.39 is 5.72 Å². The van der Waals surface area contributed by atoms with Crippen LogP contribution in [0.5, 0.6) is 0 Å². The maximum atomic E-state index is 12.9. The number of ether oxygens (including phenoxy) is 1. The number of imidazole rings is 1. The Hall–Kier alpha value is -2.18. The molecule has 3 aliphatic rings. The number of amides is 1. The molecule has 3 fully saturated rings. The topological polar surface area (TPSA) is 50.6 Å². The van der Waals surface area contributed by atoms with Gasteiger partial charge in [0.05, 0.1) is 30.7 Å². The average Bonchev–Trinajstić information content (AvgIpc) is 3.34. The normalized spacial score (nSPS) is 31.6. The number of aryl methyl sites for hydroxylation is 1. The van der Waals surface area contributed by atoms with E-state index in [1.807, 2.05) is 47.2 Å². The third-order valence-electron chi connectivity index (χ3n) is 6.03. The predicted molar refractivity (Wildman–Crippen MR) is 91.4 cm³/mol. The van der Waals surface area contributed by atoms with Gasteiger partial charge in [0, 0.05) is 39.2 Å². The van der Waals surface area contributed by atoms with Crippen molar-refractivity contribution in [2.24, 2.45) is 7.05 Å². The van der Waals surface area contributed by atoms with Crippen molar-refractivity contribution < 1.29 is 9.53 Å².